The van der Waals surface area contributed by atoms with Gasteiger partial charge < -0.3 is 24.9 Å². The van der Waals surface area contributed by atoms with Gasteiger partial charge in [0.05, 0.1) is 0 Å². The van der Waals surface area contributed by atoms with Crippen LogP contribution < -0.4 is 5.32 Å². The quantitative estimate of drug-likeness (QED) is 0.515. The smallest absolute Gasteiger partial charge is 0.320 e. The van der Waals surface area contributed by atoms with E-state index in [1.165, 1.54) is 0 Å². The molecular formula is C13H18NO6P2+. The van der Waals surface area contributed by atoms with E-state index in [1.807, 2.05) is 30.3 Å². The van der Waals surface area contributed by atoms with Crippen LogP contribution in [0.4, 0.5) is 0 Å². The van der Waals surface area contributed by atoms with E-state index in [0.29, 0.717) is 0 Å². The largest absolute Gasteiger partial charge is 0.395 e. The van der Waals surface area contributed by atoms with E-state index in [4.69, 9.17) is 0 Å². The van der Waals surface area contributed by atoms with Crippen LogP contribution in [0.1, 0.15) is 18.5 Å². The van der Waals surface area contributed by atoms with Crippen LogP contribution in [-0.2, 0) is 9.13 Å². The first kappa shape index (κ1) is 17.3. The van der Waals surface area contributed by atoms with Crippen molar-refractivity contribution in [2.45, 2.75) is 18.5 Å². The molecule has 2 aromatic rings. The van der Waals surface area contributed by atoms with Gasteiger partial charge in [0, 0.05) is 5.56 Å². The van der Waals surface area contributed by atoms with Crippen molar-refractivity contribution in [2.24, 2.45) is 0 Å². The monoisotopic (exact) mass is 346 g/mol. The van der Waals surface area contributed by atoms with Gasteiger partial charge in [-0.1, -0.05) is 42.5 Å². The highest BCUT2D eigenvalue weighted by atomic mass is 31.2. The predicted molar refractivity (Wildman–Crippen MR) is 82.2 cm³/mol. The number of benzene rings is 2. The zero-order valence-electron chi connectivity index (χ0n) is 11.8. The molecule has 0 bridgehead atoms. The molecule has 6 N–H and O–H groups in total. The number of hydrogen-bond donors (Lipinski definition) is 5. The fourth-order valence-corrected chi connectivity index (χ4v) is 4.96. The van der Waals surface area contributed by atoms with Gasteiger partial charge in [0.25, 0.3) is 5.52 Å². The predicted octanol–water partition coefficient (Wildman–Crippen LogP) is 1.10. The Morgan fingerprint density at radius 2 is 1.45 bits per heavy atom. The van der Waals surface area contributed by atoms with Gasteiger partial charge in [-0.05, 0) is 17.7 Å². The molecule has 0 fully saturated rings. The van der Waals surface area contributed by atoms with Crippen LogP contribution in [0, 0.1) is 0 Å². The summed E-state index contributed by atoms with van der Waals surface area (Å²) in [5, 5.41) is 2.87. The van der Waals surface area contributed by atoms with Crippen molar-refractivity contribution in [3.05, 3.63) is 48.0 Å². The number of quaternary nitrogens is 1. The molecule has 9 heteroatoms. The van der Waals surface area contributed by atoms with Gasteiger partial charge in [-0.25, -0.2) is 0 Å². The summed E-state index contributed by atoms with van der Waals surface area (Å²) >= 11 is 0. The number of hydrogen-bond acceptors (Lipinski definition) is 2. The molecule has 0 amide bonds. The van der Waals surface area contributed by atoms with Gasteiger partial charge in [-0.2, -0.15) is 0 Å². The molecule has 1 atom stereocenters. The third-order valence-corrected chi connectivity index (χ3v) is 6.99. The molecule has 0 aliphatic heterocycles. The molecule has 2 rings (SSSR count). The minimum absolute atomic E-state index is 0.531. The Bertz CT molecular complexity index is 741. The second kappa shape index (κ2) is 6.22. The highest BCUT2D eigenvalue weighted by Gasteiger charge is 2.48. The lowest BCUT2D eigenvalue weighted by molar-refractivity contribution is -0.693. The fourth-order valence-electron chi connectivity index (χ4n) is 2.43. The second-order valence-corrected chi connectivity index (χ2v) is 9.02. The molecule has 0 spiro atoms. The molecule has 0 unspecified atom stereocenters. The van der Waals surface area contributed by atoms with E-state index in [0.717, 1.165) is 21.7 Å². The Balaban J connectivity index is 2.40. The molecule has 0 heterocycles. The molecule has 0 aliphatic carbocycles. The van der Waals surface area contributed by atoms with Crippen LogP contribution >= 0.6 is 15.2 Å². The summed E-state index contributed by atoms with van der Waals surface area (Å²) in [5.41, 5.74) is -1.35. The first-order valence-corrected chi connectivity index (χ1v) is 9.90. The van der Waals surface area contributed by atoms with Crippen molar-refractivity contribution < 1.29 is 34.0 Å². The van der Waals surface area contributed by atoms with Crippen LogP contribution in [0.25, 0.3) is 10.8 Å². The van der Waals surface area contributed by atoms with E-state index < -0.39 is 26.8 Å². The fraction of sp³-hybridized carbons (Fsp3) is 0.231. The minimum Gasteiger partial charge on any atom is -0.320 e. The maximum atomic E-state index is 11.4. The molecule has 120 valence electrons. The van der Waals surface area contributed by atoms with Gasteiger partial charge in [0.1, 0.15) is 6.04 Å². The number of rotatable bonds is 5. The SMILES string of the molecule is C[C@H]([NH2+]C(P(=O)(O)O)P(=O)(O)O)c1cccc2ccccc12. The molecule has 22 heavy (non-hydrogen) atoms. The van der Waals surface area contributed by atoms with Crippen molar-refractivity contribution in [3.63, 3.8) is 0 Å². The standard InChI is InChI=1S/C13H17NO6P2/c1-9(14-13(21(15,16)17)22(18,19)20)11-8-4-6-10-5-2-3-7-12(10)11/h2-9,13-14H,1H3,(H2,15,16,17)(H2,18,19,20)/p+1/t9-/m0/s1. The van der Waals surface area contributed by atoms with Crippen LogP contribution in [0.3, 0.4) is 0 Å². The van der Waals surface area contributed by atoms with Crippen molar-refractivity contribution in [1.82, 2.24) is 0 Å². The zero-order valence-corrected chi connectivity index (χ0v) is 13.6. The van der Waals surface area contributed by atoms with Gasteiger partial charge >= 0.3 is 15.2 Å². The first-order valence-electron chi connectivity index (χ1n) is 6.54. The normalized spacial score (nSPS) is 14.5. The highest BCUT2D eigenvalue weighted by molar-refractivity contribution is 7.70. The number of nitrogens with two attached hydrogens (primary N) is 1. The lowest BCUT2D eigenvalue weighted by atomic mass is 10.00. The maximum absolute atomic E-state index is 11.4. The third-order valence-electron chi connectivity index (χ3n) is 3.46. The Hall–Kier alpha value is -1.04. The van der Waals surface area contributed by atoms with Crippen LogP contribution in [0.15, 0.2) is 42.5 Å². The average Bonchev–Trinajstić information content (AvgIpc) is 2.41. The minimum atomic E-state index is -4.95. The van der Waals surface area contributed by atoms with Crippen LogP contribution in [0.2, 0.25) is 0 Å². The highest BCUT2D eigenvalue weighted by Crippen LogP contribution is 2.56. The van der Waals surface area contributed by atoms with Crippen molar-refractivity contribution in [3.8, 4) is 0 Å². The summed E-state index contributed by atoms with van der Waals surface area (Å²) in [6.07, 6.45) is 0. The summed E-state index contributed by atoms with van der Waals surface area (Å²) in [4.78, 5) is 36.8. The number of fused-ring (bicyclic) bond motifs is 1. The van der Waals surface area contributed by atoms with E-state index in [2.05, 4.69) is 0 Å². The van der Waals surface area contributed by atoms with E-state index >= 15 is 0 Å². The third kappa shape index (κ3) is 3.83. The molecule has 0 aliphatic rings. The Labute approximate surface area is 127 Å². The summed E-state index contributed by atoms with van der Waals surface area (Å²) in [6, 6.07) is 12.4. The Morgan fingerprint density at radius 1 is 0.909 bits per heavy atom. The molecule has 0 radical (unpaired) electrons. The van der Waals surface area contributed by atoms with Crippen LogP contribution in [-0.4, -0.2) is 25.1 Å². The van der Waals surface area contributed by atoms with Crippen molar-refractivity contribution in [1.29, 1.82) is 0 Å². The van der Waals surface area contributed by atoms with E-state index in [-0.39, 0.29) is 0 Å². The topological polar surface area (TPSA) is 132 Å². The van der Waals surface area contributed by atoms with Crippen LogP contribution in [0.5, 0.6) is 0 Å². The Morgan fingerprint density at radius 3 is 2.05 bits per heavy atom. The lowest BCUT2D eigenvalue weighted by Crippen LogP contribution is -2.89. The van der Waals surface area contributed by atoms with Gasteiger partial charge in [-0.3, -0.25) is 9.13 Å². The zero-order chi connectivity index (χ0) is 16.5. The molecule has 0 aromatic heterocycles. The summed E-state index contributed by atoms with van der Waals surface area (Å²) in [5.74, 6) is 0. The Kier molecular flexibility index (Phi) is 4.90. The van der Waals surface area contributed by atoms with E-state index in [9.17, 15) is 28.7 Å². The molecule has 7 nitrogen and oxygen atoms in total. The van der Waals surface area contributed by atoms with Crippen molar-refractivity contribution in [2.75, 3.05) is 0 Å². The molecule has 0 saturated heterocycles. The maximum Gasteiger partial charge on any atom is 0.395 e. The van der Waals surface area contributed by atoms with Gasteiger partial charge in [0.15, 0.2) is 0 Å². The summed E-state index contributed by atoms with van der Waals surface area (Å²) in [6.45, 7) is 1.65. The van der Waals surface area contributed by atoms with Gasteiger partial charge in [0.2, 0.25) is 0 Å². The summed E-state index contributed by atoms with van der Waals surface area (Å²) in [7, 11) is -9.90. The van der Waals surface area contributed by atoms with E-state index in [1.54, 1.807) is 19.1 Å². The molecule has 2 aromatic carbocycles. The lowest BCUT2D eigenvalue weighted by Gasteiger charge is -2.22. The summed E-state index contributed by atoms with van der Waals surface area (Å²) < 4.78 is 22.8. The molecule has 0 saturated carbocycles. The average molecular weight is 346 g/mol. The molecular weight excluding hydrogens is 328 g/mol. The second-order valence-electron chi connectivity index (χ2n) is 5.14. The van der Waals surface area contributed by atoms with Gasteiger partial charge in [-0.15, -0.1) is 0 Å². The first-order chi connectivity index (χ1) is 10.1. The van der Waals surface area contributed by atoms with Crippen molar-refractivity contribution >= 4 is 26.0 Å².